The average molecular weight is 461 g/mol. The van der Waals surface area contributed by atoms with Crippen LogP contribution in [-0.2, 0) is 4.79 Å². The molecule has 0 bridgehead atoms. The number of nitrogens with one attached hydrogen (secondary N) is 1. The minimum Gasteiger partial charge on any atom is -0.303 e. The third kappa shape index (κ3) is 5.11. The van der Waals surface area contributed by atoms with Gasteiger partial charge in [-0.1, -0.05) is 52.0 Å². The lowest BCUT2D eigenvalue weighted by molar-refractivity contribution is -0.384. The molecular weight excluding hydrogens is 448 g/mol. The molecule has 1 aliphatic rings. The zero-order valence-electron chi connectivity index (χ0n) is 14.2. The normalized spacial score (nSPS) is 17.8. The molecule has 1 fully saturated rings. The molecule has 2 aromatic carbocycles. The number of non-ortho nitro benzene ring substituents is 1. The first-order valence-corrected chi connectivity index (χ1v) is 9.71. The Labute approximate surface area is 172 Å². The minimum atomic E-state index is -0.581. The zero-order chi connectivity index (χ0) is 20.1. The lowest BCUT2D eigenvalue weighted by atomic mass is 10.1. The Balaban J connectivity index is 1.62. The maximum Gasteiger partial charge on any atom is 0.270 e. The first kappa shape index (κ1) is 19.9. The van der Waals surface area contributed by atoms with Crippen molar-refractivity contribution in [2.24, 2.45) is 10.2 Å². The first-order chi connectivity index (χ1) is 13.4. The summed E-state index contributed by atoms with van der Waals surface area (Å²) in [6, 6.07) is 12.9. The van der Waals surface area contributed by atoms with Gasteiger partial charge in [0.2, 0.25) is 5.91 Å². The number of rotatable bonds is 6. The standard InChI is InChI=1S/C18H13BrN4O4S/c19-13-6-4-12(5-7-13)15(24)9-16-17(25)21-18(28-16)22-20-10-11-2-1-3-14(8-11)23(26)27/h1-8,10,16H,9H2,(H,21,22,25)/b20-10+. The van der Waals surface area contributed by atoms with E-state index in [1.807, 2.05) is 0 Å². The van der Waals surface area contributed by atoms with Crippen molar-refractivity contribution < 1.29 is 14.5 Å². The molecule has 142 valence electrons. The summed E-state index contributed by atoms with van der Waals surface area (Å²) in [4.78, 5) is 34.6. The predicted molar refractivity (Wildman–Crippen MR) is 111 cm³/mol. The number of benzene rings is 2. The number of nitro benzene ring substituents is 1. The van der Waals surface area contributed by atoms with Crippen LogP contribution in [0.1, 0.15) is 22.3 Å². The SMILES string of the molecule is O=C(CC1S/C(=N/N=C/c2cccc([N+](=O)[O-])c2)NC1=O)c1ccc(Br)cc1. The van der Waals surface area contributed by atoms with E-state index in [2.05, 4.69) is 31.4 Å². The van der Waals surface area contributed by atoms with Gasteiger partial charge in [0.15, 0.2) is 11.0 Å². The molecule has 3 rings (SSSR count). The van der Waals surface area contributed by atoms with Gasteiger partial charge in [-0.2, -0.15) is 5.10 Å². The van der Waals surface area contributed by atoms with Gasteiger partial charge in [0.1, 0.15) is 0 Å². The number of Topliss-reactive ketones (excluding diaryl/α,β-unsaturated/α-hetero) is 1. The second-order valence-electron chi connectivity index (χ2n) is 5.73. The van der Waals surface area contributed by atoms with Gasteiger partial charge >= 0.3 is 0 Å². The molecule has 8 nitrogen and oxygen atoms in total. The molecule has 0 spiro atoms. The average Bonchev–Trinajstić information content (AvgIpc) is 3.01. The molecule has 0 aromatic heterocycles. The highest BCUT2D eigenvalue weighted by Crippen LogP contribution is 2.24. The van der Waals surface area contributed by atoms with E-state index >= 15 is 0 Å². The van der Waals surface area contributed by atoms with Gasteiger partial charge in [0.05, 0.1) is 16.4 Å². The maximum absolute atomic E-state index is 12.3. The summed E-state index contributed by atoms with van der Waals surface area (Å²) in [5, 5.41) is 20.8. The van der Waals surface area contributed by atoms with E-state index in [0.29, 0.717) is 11.1 Å². The lowest BCUT2D eigenvalue weighted by Gasteiger charge is -2.04. The van der Waals surface area contributed by atoms with E-state index in [9.17, 15) is 19.7 Å². The molecule has 1 heterocycles. The predicted octanol–water partition coefficient (Wildman–Crippen LogP) is 3.55. The van der Waals surface area contributed by atoms with Crippen LogP contribution in [0.2, 0.25) is 0 Å². The third-order valence-corrected chi connectivity index (χ3v) is 5.35. The highest BCUT2D eigenvalue weighted by Gasteiger charge is 2.32. The van der Waals surface area contributed by atoms with Crippen LogP contribution in [0.4, 0.5) is 5.69 Å². The van der Waals surface area contributed by atoms with Gasteiger partial charge in [-0.05, 0) is 12.1 Å². The fourth-order valence-electron chi connectivity index (χ4n) is 2.38. The molecule has 28 heavy (non-hydrogen) atoms. The topological polar surface area (TPSA) is 114 Å². The molecular formula is C18H13BrN4O4S. The van der Waals surface area contributed by atoms with Crippen LogP contribution in [0.5, 0.6) is 0 Å². The van der Waals surface area contributed by atoms with Gasteiger partial charge < -0.3 is 5.32 Å². The second kappa shape index (κ2) is 8.89. The monoisotopic (exact) mass is 460 g/mol. The fourth-order valence-corrected chi connectivity index (χ4v) is 3.56. The summed E-state index contributed by atoms with van der Waals surface area (Å²) in [5.41, 5.74) is 0.993. The summed E-state index contributed by atoms with van der Waals surface area (Å²) in [6.07, 6.45) is 1.40. The van der Waals surface area contributed by atoms with Crippen LogP contribution in [0.25, 0.3) is 0 Å². The number of hydrogen-bond donors (Lipinski definition) is 1. The molecule has 1 aliphatic heterocycles. The van der Waals surface area contributed by atoms with Crippen LogP contribution in [0.15, 0.2) is 63.2 Å². The lowest BCUT2D eigenvalue weighted by Crippen LogP contribution is -2.26. The molecule has 0 aliphatic carbocycles. The zero-order valence-corrected chi connectivity index (χ0v) is 16.6. The Bertz CT molecular complexity index is 991. The number of carbonyl (C=O) groups excluding carboxylic acids is 2. The smallest absolute Gasteiger partial charge is 0.270 e. The second-order valence-corrected chi connectivity index (χ2v) is 7.84. The van der Waals surface area contributed by atoms with Gasteiger partial charge in [0.25, 0.3) is 5.69 Å². The van der Waals surface area contributed by atoms with Crippen molar-refractivity contribution in [2.45, 2.75) is 11.7 Å². The van der Waals surface area contributed by atoms with Gasteiger partial charge in [-0.25, -0.2) is 0 Å². The highest BCUT2D eigenvalue weighted by atomic mass is 79.9. The third-order valence-electron chi connectivity index (χ3n) is 3.75. The number of amidine groups is 1. The highest BCUT2D eigenvalue weighted by molar-refractivity contribution is 9.10. The summed E-state index contributed by atoms with van der Waals surface area (Å²) >= 11 is 4.44. The number of carbonyl (C=O) groups is 2. The van der Waals surface area contributed by atoms with Crippen LogP contribution in [0, 0.1) is 10.1 Å². The summed E-state index contributed by atoms with van der Waals surface area (Å²) < 4.78 is 0.869. The molecule has 1 N–H and O–H groups in total. The van der Waals surface area contributed by atoms with E-state index in [-0.39, 0.29) is 29.0 Å². The number of ketones is 1. The van der Waals surface area contributed by atoms with Crippen LogP contribution in [0.3, 0.4) is 0 Å². The quantitative estimate of drug-likeness (QED) is 0.306. The summed E-state index contributed by atoms with van der Waals surface area (Å²) in [5.74, 6) is -0.443. The Kier molecular flexibility index (Phi) is 6.32. The van der Waals surface area contributed by atoms with E-state index < -0.39 is 10.2 Å². The fraction of sp³-hybridized carbons (Fsp3) is 0.111. The number of nitro groups is 1. The minimum absolute atomic E-state index is 0.0474. The van der Waals surface area contributed by atoms with E-state index in [1.165, 1.54) is 18.3 Å². The largest absolute Gasteiger partial charge is 0.303 e. The number of hydrogen-bond acceptors (Lipinski definition) is 7. The summed E-state index contributed by atoms with van der Waals surface area (Å²) in [6.45, 7) is 0. The number of amides is 1. The van der Waals surface area contributed by atoms with Crippen molar-refractivity contribution in [3.63, 3.8) is 0 Å². The van der Waals surface area contributed by atoms with Gasteiger partial charge in [-0.3, -0.25) is 19.7 Å². The van der Waals surface area contributed by atoms with Crippen molar-refractivity contribution >= 4 is 56.5 Å². The number of halogens is 1. The number of nitrogens with zero attached hydrogens (tertiary/aromatic N) is 3. The van der Waals surface area contributed by atoms with Crippen molar-refractivity contribution in [3.8, 4) is 0 Å². The molecule has 2 aromatic rings. The first-order valence-electron chi connectivity index (χ1n) is 8.04. The molecule has 10 heteroatoms. The van der Waals surface area contributed by atoms with E-state index in [4.69, 9.17) is 0 Å². The van der Waals surface area contributed by atoms with Crippen LogP contribution >= 0.6 is 27.7 Å². The Morgan fingerprint density at radius 3 is 2.75 bits per heavy atom. The molecule has 1 saturated heterocycles. The van der Waals surface area contributed by atoms with Crippen molar-refractivity contribution in [2.75, 3.05) is 0 Å². The van der Waals surface area contributed by atoms with Crippen molar-refractivity contribution in [1.82, 2.24) is 5.32 Å². The molecule has 1 atom stereocenters. The Morgan fingerprint density at radius 2 is 2.04 bits per heavy atom. The van der Waals surface area contributed by atoms with E-state index in [1.54, 1.807) is 36.4 Å². The van der Waals surface area contributed by atoms with E-state index in [0.717, 1.165) is 16.2 Å². The molecule has 1 unspecified atom stereocenters. The molecule has 1 amide bonds. The van der Waals surface area contributed by atoms with Crippen LogP contribution in [-0.4, -0.2) is 33.2 Å². The molecule has 0 saturated carbocycles. The van der Waals surface area contributed by atoms with Gasteiger partial charge in [0, 0.05) is 34.2 Å². The van der Waals surface area contributed by atoms with Crippen molar-refractivity contribution in [3.05, 3.63) is 74.2 Å². The van der Waals surface area contributed by atoms with Gasteiger partial charge in [-0.15, -0.1) is 5.10 Å². The van der Waals surface area contributed by atoms with Crippen molar-refractivity contribution in [1.29, 1.82) is 0 Å². The molecule has 0 radical (unpaired) electrons. The number of thioether (sulfide) groups is 1. The maximum atomic E-state index is 12.3. The summed E-state index contributed by atoms with van der Waals surface area (Å²) in [7, 11) is 0. The Hall–Kier alpha value is -2.85. The van der Waals surface area contributed by atoms with Crippen LogP contribution < -0.4 is 5.32 Å². The Morgan fingerprint density at radius 1 is 1.29 bits per heavy atom.